The summed E-state index contributed by atoms with van der Waals surface area (Å²) in [5, 5.41) is 0. The fraction of sp³-hybridized carbons (Fsp3) is 0.500. The van der Waals surface area contributed by atoms with E-state index in [1.165, 1.54) is 0 Å². The van der Waals surface area contributed by atoms with Gasteiger partial charge in [-0.15, -0.1) is 0 Å². The van der Waals surface area contributed by atoms with E-state index < -0.39 is 15.3 Å². The van der Waals surface area contributed by atoms with Crippen LogP contribution >= 0.6 is 0 Å². The van der Waals surface area contributed by atoms with Crippen molar-refractivity contribution in [2.75, 3.05) is 31.3 Å². The first-order valence-electron chi connectivity index (χ1n) is 5.85. The molecule has 5 nitrogen and oxygen atoms in total. The highest BCUT2D eigenvalue weighted by molar-refractivity contribution is 7.93. The quantitative estimate of drug-likeness (QED) is 0.822. The van der Waals surface area contributed by atoms with Gasteiger partial charge in [-0.25, -0.2) is 8.42 Å². The lowest BCUT2D eigenvalue weighted by atomic mass is 9.83. The average Bonchev–Trinajstić information content (AvgIpc) is 2.34. The van der Waals surface area contributed by atoms with Crippen molar-refractivity contribution in [2.45, 2.75) is 5.41 Å². The van der Waals surface area contributed by atoms with Gasteiger partial charge in [-0.3, -0.25) is 0 Å². The second-order valence-electron chi connectivity index (χ2n) is 4.88. The first-order chi connectivity index (χ1) is 8.55. The molecule has 0 atom stereocenters. The number of benzene rings is 1. The molecule has 0 amide bonds. The lowest BCUT2D eigenvalue weighted by molar-refractivity contribution is 0.171. The largest absolute Gasteiger partial charge is 0.486 e. The minimum Gasteiger partial charge on any atom is -0.486 e. The molecule has 0 saturated carbocycles. The molecule has 1 aromatic rings. The fourth-order valence-corrected chi connectivity index (χ4v) is 4.74. The monoisotopic (exact) mass is 269 g/mol. The summed E-state index contributed by atoms with van der Waals surface area (Å²) >= 11 is 0. The average molecular weight is 269 g/mol. The summed E-state index contributed by atoms with van der Waals surface area (Å²) < 4.78 is 33.8. The Kier molecular flexibility index (Phi) is 2.53. The van der Waals surface area contributed by atoms with Crippen LogP contribution in [0.5, 0.6) is 11.5 Å². The molecule has 0 bridgehead atoms. The number of hydrogen-bond donors (Lipinski definition) is 1. The van der Waals surface area contributed by atoms with Gasteiger partial charge in [0.15, 0.2) is 21.3 Å². The highest BCUT2D eigenvalue weighted by Gasteiger charge is 2.49. The SMILES string of the molecule is NCC1(c2ccc3c(c2)OCCO3)CS(=O)(=O)C1. The van der Waals surface area contributed by atoms with Crippen molar-refractivity contribution >= 4 is 9.84 Å². The highest BCUT2D eigenvalue weighted by atomic mass is 32.2. The van der Waals surface area contributed by atoms with Crippen molar-refractivity contribution in [3.05, 3.63) is 23.8 Å². The minimum atomic E-state index is -2.92. The van der Waals surface area contributed by atoms with E-state index in [1.807, 2.05) is 18.2 Å². The lowest BCUT2D eigenvalue weighted by Crippen LogP contribution is -2.56. The second-order valence-corrected chi connectivity index (χ2v) is 6.94. The van der Waals surface area contributed by atoms with Crippen molar-refractivity contribution in [3.63, 3.8) is 0 Å². The van der Waals surface area contributed by atoms with Gasteiger partial charge in [-0.1, -0.05) is 6.07 Å². The Labute approximate surface area is 106 Å². The van der Waals surface area contributed by atoms with Gasteiger partial charge in [0, 0.05) is 12.0 Å². The third-order valence-electron chi connectivity index (χ3n) is 3.54. The lowest BCUT2D eigenvalue weighted by Gasteiger charge is -2.41. The molecule has 0 aromatic heterocycles. The normalized spacial score (nSPS) is 23.2. The molecule has 0 spiro atoms. The smallest absolute Gasteiger partial charge is 0.161 e. The van der Waals surface area contributed by atoms with Crippen molar-refractivity contribution in [1.82, 2.24) is 0 Å². The predicted molar refractivity (Wildman–Crippen MR) is 66.8 cm³/mol. The molecule has 1 aromatic carbocycles. The molecule has 0 unspecified atom stereocenters. The van der Waals surface area contributed by atoms with Crippen molar-refractivity contribution in [3.8, 4) is 11.5 Å². The summed E-state index contributed by atoms with van der Waals surface area (Å²) in [5.74, 6) is 1.63. The number of ether oxygens (including phenoxy) is 2. The van der Waals surface area contributed by atoms with Crippen LogP contribution in [0.15, 0.2) is 18.2 Å². The van der Waals surface area contributed by atoms with Crippen molar-refractivity contribution in [2.24, 2.45) is 5.73 Å². The topological polar surface area (TPSA) is 78.6 Å². The van der Waals surface area contributed by atoms with Gasteiger partial charge in [-0.2, -0.15) is 0 Å². The standard InChI is InChI=1S/C12H15NO4S/c13-6-12(7-18(14,15)8-12)9-1-2-10-11(5-9)17-4-3-16-10/h1-2,5H,3-4,6-8,13H2. The van der Waals surface area contributed by atoms with Crippen LogP contribution in [0.3, 0.4) is 0 Å². The van der Waals surface area contributed by atoms with Crippen molar-refractivity contribution in [1.29, 1.82) is 0 Å². The molecular formula is C12H15NO4S. The maximum absolute atomic E-state index is 11.4. The van der Waals surface area contributed by atoms with Crippen LogP contribution < -0.4 is 15.2 Å². The Balaban J connectivity index is 1.97. The molecule has 1 saturated heterocycles. The maximum atomic E-state index is 11.4. The van der Waals surface area contributed by atoms with Gasteiger partial charge in [0.25, 0.3) is 0 Å². The van der Waals surface area contributed by atoms with E-state index in [4.69, 9.17) is 15.2 Å². The van der Waals surface area contributed by atoms with Crippen LogP contribution in [0.2, 0.25) is 0 Å². The summed E-state index contributed by atoms with van der Waals surface area (Å²) in [4.78, 5) is 0. The number of sulfone groups is 1. The summed E-state index contributed by atoms with van der Waals surface area (Å²) in [7, 11) is -2.92. The molecule has 6 heteroatoms. The second kappa shape index (κ2) is 3.86. The van der Waals surface area contributed by atoms with Crippen LogP contribution in [0.1, 0.15) is 5.56 Å². The molecule has 2 heterocycles. The Hall–Kier alpha value is -1.27. The predicted octanol–water partition coefficient (Wildman–Crippen LogP) is 0.0827. The summed E-state index contributed by atoms with van der Waals surface area (Å²) in [6, 6.07) is 5.57. The van der Waals surface area contributed by atoms with E-state index in [1.54, 1.807) is 0 Å². The summed E-state index contributed by atoms with van der Waals surface area (Å²) in [5.41, 5.74) is 6.23. The third kappa shape index (κ3) is 1.76. The zero-order valence-corrected chi connectivity index (χ0v) is 10.7. The van der Waals surface area contributed by atoms with Gasteiger partial charge < -0.3 is 15.2 Å². The van der Waals surface area contributed by atoms with Gasteiger partial charge in [-0.05, 0) is 17.7 Å². The molecule has 0 radical (unpaired) electrons. The van der Waals surface area contributed by atoms with Crippen LogP contribution in [0, 0.1) is 0 Å². The molecule has 2 aliphatic heterocycles. The summed E-state index contributed by atoms with van der Waals surface area (Å²) in [6.45, 7) is 1.39. The number of hydrogen-bond acceptors (Lipinski definition) is 5. The Morgan fingerprint density at radius 1 is 1.17 bits per heavy atom. The third-order valence-corrected chi connectivity index (χ3v) is 5.52. The van der Waals surface area contributed by atoms with Crippen LogP contribution in [-0.2, 0) is 15.3 Å². The van der Waals surface area contributed by atoms with Gasteiger partial charge in [0.2, 0.25) is 0 Å². The van der Waals surface area contributed by atoms with E-state index >= 15 is 0 Å². The zero-order chi connectivity index (χ0) is 12.8. The summed E-state index contributed by atoms with van der Waals surface area (Å²) in [6.07, 6.45) is 0. The number of nitrogens with two attached hydrogens (primary N) is 1. The van der Waals surface area contributed by atoms with E-state index in [0.29, 0.717) is 31.3 Å². The zero-order valence-electron chi connectivity index (χ0n) is 9.89. The van der Waals surface area contributed by atoms with E-state index in [9.17, 15) is 8.42 Å². The van der Waals surface area contributed by atoms with E-state index in [0.717, 1.165) is 5.56 Å². The minimum absolute atomic E-state index is 0.121. The Morgan fingerprint density at radius 3 is 2.44 bits per heavy atom. The molecule has 1 fully saturated rings. The van der Waals surface area contributed by atoms with Gasteiger partial charge in [0.05, 0.1) is 11.5 Å². The first kappa shape index (κ1) is 11.8. The maximum Gasteiger partial charge on any atom is 0.161 e. The van der Waals surface area contributed by atoms with Crippen molar-refractivity contribution < 1.29 is 17.9 Å². The van der Waals surface area contributed by atoms with Gasteiger partial charge in [0.1, 0.15) is 13.2 Å². The van der Waals surface area contributed by atoms with Crippen LogP contribution in [-0.4, -0.2) is 39.7 Å². The van der Waals surface area contributed by atoms with Crippen LogP contribution in [0.4, 0.5) is 0 Å². The van der Waals surface area contributed by atoms with Gasteiger partial charge >= 0.3 is 0 Å². The molecule has 0 aliphatic carbocycles. The molecule has 3 rings (SSSR count). The molecule has 98 valence electrons. The van der Waals surface area contributed by atoms with E-state index in [2.05, 4.69) is 0 Å². The van der Waals surface area contributed by atoms with Crippen LogP contribution in [0.25, 0.3) is 0 Å². The number of rotatable bonds is 2. The molecule has 18 heavy (non-hydrogen) atoms. The first-order valence-corrected chi connectivity index (χ1v) is 7.67. The Morgan fingerprint density at radius 2 is 1.83 bits per heavy atom. The highest BCUT2D eigenvalue weighted by Crippen LogP contribution is 2.40. The molecule has 2 aliphatic rings. The molecule has 2 N–H and O–H groups in total. The number of fused-ring (bicyclic) bond motifs is 1. The van der Waals surface area contributed by atoms with E-state index in [-0.39, 0.29) is 11.5 Å². The molecular weight excluding hydrogens is 254 g/mol. The Bertz CT molecular complexity index is 570. The fourth-order valence-electron chi connectivity index (χ4n) is 2.58.